The molecule has 1 aliphatic carbocycles. The highest BCUT2D eigenvalue weighted by atomic mass is 15.0. The van der Waals surface area contributed by atoms with Crippen molar-refractivity contribution < 1.29 is 0 Å². The third kappa shape index (κ3) is 4.85. The number of fused-ring (bicyclic) bond motifs is 6. The Morgan fingerprint density at radius 2 is 0.827 bits per heavy atom. The third-order valence-corrected chi connectivity index (χ3v) is 11.2. The van der Waals surface area contributed by atoms with Crippen molar-refractivity contribution in [3.8, 4) is 61.3 Å². The summed E-state index contributed by atoms with van der Waals surface area (Å²) in [4.78, 5) is 0. The quantitative estimate of drug-likeness (QED) is 0.173. The molecule has 0 spiro atoms. The molecule has 0 N–H and O–H groups in total. The fourth-order valence-electron chi connectivity index (χ4n) is 8.50. The normalized spacial score (nSPS) is 13.0. The highest BCUT2D eigenvalue weighted by molar-refractivity contribution is 6.10. The first-order chi connectivity index (χ1) is 25.5. The second-order valence-electron chi connectivity index (χ2n) is 14.6. The van der Waals surface area contributed by atoms with Crippen LogP contribution < -0.4 is 0 Å². The molecule has 1 aliphatic rings. The summed E-state index contributed by atoms with van der Waals surface area (Å²) in [6.45, 7) is 4.69. The summed E-state index contributed by atoms with van der Waals surface area (Å²) in [5, 5.41) is 2.51. The van der Waals surface area contributed by atoms with E-state index in [2.05, 4.69) is 206 Å². The number of hydrogen-bond donors (Lipinski definition) is 0. The zero-order chi connectivity index (χ0) is 34.8. The maximum absolute atomic E-state index is 2.43. The van der Waals surface area contributed by atoms with Crippen LogP contribution in [0, 0.1) is 0 Å². The van der Waals surface area contributed by atoms with Gasteiger partial charge in [-0.2, -0.15) is 0 Å². The minimum atomic E-state index is -0.0115. The first kappa shape index (κ1) is 30.4. The Balaban J connectivity index is 1.06. The lowest BCUT2D eigenvalue weighted by Crippen LogP contribution is -2.14. The van der Waals surface area contributed by atoms with Gasteiger partial charge in [0, 0.05) is 21.9 Å². The van der Waals surface area contributed by atoms with E-state index in [0.717, 1.165) is 5.69 Å². The van der Waals surface area contributed by atoms with Crippen LogP contribution >= 0.6 is 0 Å². The van der Waals surface area contributed by atoms with Crippen LogP contribution in [-0.4, -0.2) is 4.57 Å². The van der Waals surface area contributed by atoms with Crippen molar-refractivity contribution in [3.05, 3.63) is 199 Å². The van der Waals surface area contributed by atoms with Gasteiger partial charge in [0.1, 0.15) is 0 Å². The van der Waals surface area contributed by atoms with Crippen molar-refractivity contribution in [3.63, 3.8) is 0 Å². The molecule has 0 saturated heterocycles. The molecule has 9 aromatic rings. The Bertz CT molecular complexity index is 2730. The van der Waals surface area contributed by atoms with Gasteiger partial charge in [0.15, 0.2) is 0 Å². The maximum Gasteiger partial charge on any atom is 0.0541 e. The molecule has 1 heteroatoms. The fraction of sp³-hybridized carbons (Fsp3) is 0.0588. The van der Waals surface area contributed by atoms with E-state index in [0.29, 0.717) is 0 Å². The van der Waals surface area contributed by atoms with Crippen molar-refractivity contribution in [2.75, 3.05) is 0 Å². The number of hydrogen-bond acceptors (Lipinski definition) is 0. The van der Waals surface area contributed by atoms with Crippen LogP contribution in [0.4, 0.5) is 0 Å². The lowest BCUT2D eigenvalue weighted by molar-refractivity contribution is 0.660. The van der Waals surface area contributed by atoms with Crippen LogP contribution in [0.25, 0.3) is 83.1 Å². The Hall–Kier alpha value is -6.44. The first-order valence-electron chi connectivity index (χ1n) is 18.2. The molecule has 0 aliphatic heterocycles. The molecule has 0 fully saturated rings. The molecule has 0 amide bonds. The lowest BCUT2D eigenvalue weighted by Gasteiger charge is -2.22. The molecule has 10 rings (SSSR count). The summed E-state index contributed by atoms with van der Waals surface area (Å²) in [5.74, 6) is 0. The van der Waals surface area contributed by atoms with Gasteiger partial charge in [-0.15, -0.1) is 0 Å². The highest BCUT2D eigenvalue weighted by Gasteiger charge is 2.35. The average Bonchev–Trinajstić information content (AvgIpc) is 3.66. The van der Waals surface area contributed by atoms with Crippen LogP contribution in [0.15, 0.2) is 188 Å². The summed E-state index contributed by atoms with van der Waals surface area (Å²) in [5.41, 5.74) is 18.9. The van der Waals surface area contributed by atoms with Gasteiger partial charge in [-0.3, -0.25) is 0 Å². The molecule has 0 unspecified atom stereocenters. The molecule has 52 heavy (non-hydrogen) atoms. The molecular formula is C51H37N. The Kier molecular flexibility index (Phi) is 6.91. The van der Waals surface area contributed by atoms with Gasteiger partial charge in [0.05, 0.1) is 11.0 Å². The zero-order valence-electron chi connectivity index (χ0n) is 29.3. The Morgan fingerprint density at radius 3 is 1.52 bits per heavy atom. The number of rotatable bonds is 5. The van der Waals surface area contributed by atoms with E-state index < -0.39 is 0 Å². The van der Waals surface area contributed by atoms with E-state index in [-0.39, 0.29) is 5.41 Å². The zero-order valence-corrected chi connectivity index (χ0v) is 29.3. The molecule has 0 saturated carbocycles. The van der Waals surface area contributed by atoms with Crippen LogP contribution in [-0.2, 0) is 5.41 Å². The minimum absolute atomic E-state index is 0.0115. The van der Waals surface area contributed by atoms with E-state index in [9.17, 15) is 0 Å². The molecule has 1 nitrogen and oxygen atoms in total. The van der Waals surface area contributed by atoms with E-state index in [4.69, 9.17) is 0 Å². The molecular weight excluding hydrogens is 627 g/mol. The molecule has 0 atom stereocenters. The van der Waals surface area contributed by atoms with Crippen molar-refractivity contribution >= 4 is 21.8 Å². The molecule has 0 bridgehead atoms. The van der Waals surface area contributed by atoms with Gasteiger partial charge in [0.2, 0.25) is 0 Å². The predicted octanol–water partition coefficient (Wildman–Crippen LogP) is 13.8. The largest absolute Gasteiger partial charge is 0.309 e. The molecule has 0 radical (unpaired) electrons. The second kappa shape index (κ2) is 11.8. The smallest absolute Gasteiger partial charge is 0.0541 e. The SMILES string of the molecule is CC1(C)c2ccccc2-c2ccc(-c3ccc(-c4ccc5c(c4)c4ccccc4n5-c4cc(-c5ccccc5)cc(-c5ccccc5)c4)cc3)cc21. The van der Waals surface area contributed by atoms with Crippen LogP contribution in [0.3, 0.4) is 0 Å². The van der Waals surface area contributed by atoms with Gasteiger partial charge in [0.25, 0.3) is 0 Å². The maximum atomic E-state index is 2.43. The summed E-state index contributed by atoms with van der Waals surface area (Å²) >= 11 is 0. The van der Waals surface area contributed by atoms with Gasteiger partial charge < -0.3 is 4.57 Å². The second-order valence-corrected chi connectivity index (χ2v) is 14.6. The van der Waals surface area contributed by atoms with E-state index in [1.54, 1.807) is 0 Å². The number of aromatic nitrogens is 1. The van der Waals surface area contributed by atoms with Gasteiger partial charge in [-0.1, -0.05) is 159 Å². The number of nitrogens with zero attached hydrogens (tertiary/aromatic N) is 1. The topological polar surface area (TPSA) is 4.93 Å². The van der Waals surface area contributed by atoms with Crippen LogP contribution in [0.2, 0.25) is 0 Å². The van der Waals surface area contributed by atoms with Crippen molar-refractivity contribution in [1.82, 2.24) is 4.57 Å². The monoisotopic (exact) mass is 663 g/mol. The van der Waals surface area contributed by atoms with E-state index >= 15 is 0 Å². The van der Waals surface area contributed by atoms with Crippen molar-refractivity contribution in [1.29, 1.82) is 0 Å². The van der Waals surface area contributed by atoms with Crippen molar-refractivity contribution in [2.45, 2.75) is 19.3 Å². The molecule has 1 heterocycles. The van der Waals surface area contributed by atoms with Crippen molar-refractivity contribution in [2.24, 2.45) is 0 Å². The Morgan fingerprint density at radius 1 is 0.327 bits per heavy atom. The van der Waals surface area contributed by atoms with E-state index in [1.165, 1.54) is 88.6 Å². The standard InChI is InChI=1S/C51H37N/c1-51(2)47-19-11-9-17-43(47)44-27-25-39(33-48(44)51)37-23-21-36(22-24-37)38-26-28-50-46(32-38)45-18-10-12-20-49(45)52(50)42-30-40(34-13-5-3-6-14-34)29-41(31-42)35-15-7-4-8-16-35/h3-33H,1-2H3. The molecule has 8 aromatic carbocycles. The third-order valence-electron chi connectivity index (χ3n) is 11.2. The first-order valence-corrected chi connectivity index (χ1v) is 18.2. The summed E-state index contributed by atoms with van der Waals surface area (Å²) in [6.07, 6.45) is 0. The predicted molar refractivity (Wildman–Crippen MR) is 220 cm³/mol. The number of benzene rings is 8. The van der Waals surface area contributed by atoms with Crippen LogP contribution in [0.5, 0.6) is 0 Å². The van der Waals surface area contributed by atoms with Crippen LogP contribution in [0.1, 0.15) is 25.0 Å². The fourth-order valence-corrected chi connectivity index (χ4v) is 8.50. The Labute approximate surface area is 305 Å². The average molecular weight is 664 g/mol. The highest BCUT2D eigenvalue weighted by Crippen LogP contribution is 2.49. The number of para-hydroxylation sites is 1. The lowest BCUT2D eigenvalue weighted by atomic mass is 9.81. The minimum Gasteiger partial charge on any atom is -0.309 e. The molecule has 246 valence electrons. The van der Waals surface area contributed by atoms with Gasteiger partial charge >= 0.3 is 0 Å². The molecule has 1 aromatic heterocycles. The summed E-state index contributed by atoms with van der Waals surface area (Å²) < 4.78 is 2.43. The van der Waals surface area contributed by atoms with E-state index in [1.807, 2.05) is 0 Å². The van der Waals surface area contributed by atoms with Gasteiger partial charge in [-0.05, 0) is 109 Å². The summed E-state index contributed by atoms with van der Waals surface area (Å²) in [7, 11) is 0. The van der Waals surface area contributed by atoms with Gasteiger partial charge in [-0.25, -0.2) is 0 Å². The summed E-state index contributed by atoms with van der Waals surface area (Å²) in [6, 6.07) is 69.1.